The van der Waals surface area contributed by atoms with Crippen LogP contribution in [-0.2, 0) is 11.2 Å². The fourth-order valence-electron chi connectivity index (χ4n) is 1.75. The van der Waals surface area contributed by atoms with E-state index in [1.807, 2.05) is 42.5 Å². The predicted octanol–water partition coefficient (Wildman–Crippen LogP) is 3.09. The quantitative estimate of drug-likeness (QED) is 0.863. The van der Waals surface area contributed by atoms with Crippen molar-refractivity contribution in [3.63, 3.8) is 0 Å². The summed E-state index contributed by atoms with van der Waals surface area (Å²) >= 11 is 0. The lowest BCUT2D eigenvalue weighted by Gasteiger charge is -2.08. The van der Waals surface area contributed by atoms with Crippen LogP contribution in [0.1, 0.15) is 12.5 Å². The summed E-state index contributed by atoms with van der Waals surface area (Å²) < 4.78 is 0. The summed E-state index contributed by atoms with van der Waals surface area (Å²) in [5.74, 6) is -0.348. The highest BCUT2D eigenvalue weighted by Crippen LogP contribution is 2.16. The number of hydrogen-bond donors (Lipinski definition) is 2. The minimum Gasteiger partial charge on any atom is -0.481 e. The zero-order chi connectivity index (χ0) is 13.7. The molecule has 1 atom stereocenters. The van der Waals surface area contributed by atoms with Crippen molar-refractivity contribution in [2.45, 2.75) is 13.3 Å². The van der Waals surface area contributed by atoms with Gasteiger partial charge in [0.25, 0.3) is 0 Å². The van der Waals surface area contributed by atoms with Gasteiger partial charge in [0, 0.05) is 11.9 Å². The first-order valence-electron chi connectivity index (χ1n) is 6.15. The van der Waals surface area contributed by atoms with Crippen molar-refractivity contribution < 1.29 is 9.90 Å². The molecule has 0 saturated carbocycles. The van der Waals surface area contributed by atoms with Crippen LogP contribution in [0.5, 0.6) is 0 Å². The molecule has 0 aliphatic heterocycles. The largest absolute Gasteiger partial charge is 0.481 e. The number of aliphatic carboxylic acids is 1. The Labute approximate surface area is 112 Å². The summed E-state index contributed by atoms with van der Waals surface area (Å²) in [6.07, 6.45) is 2.27. The molecular weight excluding hydrogens is 240 g/mol. The smallest absolute Gasteiger partial charge is 0.306 e. The van der Waals surface area contributed by atoms with E-state index in [9.17, 15) is 4.79 Å². The van der Waals surface area contributed by atoms with Gasteiger partial charge in [0.15, 0.2) is 0 Å². The van der Waals surface area contributed by atoms with Gasteiger partial charge in [-0.15, -0.1) is 0 Å². The Balaban J connectivity index is 2.01. The highest BCUT2D eigenvalue weighted by Gasteiger charge is 2.11. The maximum atomic E-state index is 10.8. The summed E-state index contributed by atoms with van der Waals surface area (Å²) in [6, 6.07) is 13.4. The third kappa shape index (κ3) is 3.81. The Morgan fingerprint density at radius 3 is 2.58 bits per heavy atom. The number of carbonyl (C=O) groups is 1. The van der Waals surface area contributed by atoms with Crippen molar-refractivity contribution in [3.05, 3.63) is 54.2 Å². The average Bonchev–Trinajstić information content (AvgIpc) is 2.42. The van der Waals surface area contributed by atoms with Crippen LogP contribution in [-0.4, -0.2) is 16.1 Å². The van der Waals surface area contributed by atoms with Crippen LogP contribution in [0.2, 0.25) is 0 Å². The van der Waals surface area contributed by atoms with Crippen molar-refractivity contribution in [3.8, 4) is 0 Å². The number of anilines is 2. The highest BCUT2D eigenvalue weighted by molar-refractivity contribution is 5.70. The van der Waals surface area contributed by atoms with Crippen molar-refractivity contribution in [1.29, 1.82) is 0 Å². The van der Waals surface area contributed by atoms with Crippen LogP contribution in [0.15, 0.2) is 48.7 Å². The second-order valence-electron chi connectivity index (χ2n) is 4.48. The molecule has 0 aliphatic rings. The lowest BCUT2D eigenvalue weighted by Crippen LogP contribution is -2.12. The van der Waals surface area contributed by atoms with Crippen LogP contribution < -0.4 is 5.32 Å². The second kappa shape index (κ2) is 6.00. The number of carboxylic acids is 1. The summed E-state index contributed by atoms with van der Waals surface area (Å²) in [4.78, 5) is 15.0. The first-order chi connectivity index (χ1) is 9.15. The lowest BCUT2D eigenvalue weighted by atomic mass is 10.0. The molecular formula is C15H16N2O2. The van der Waals surface area contributed by atoms with Crippen molar-refractivity contribution in [2.75, 3.05) is 5.32 Å². The first-order valence-corrected chi connectivity index (χ1v) is 6.15. The van der Waals surface area contributed by atoms with E-state index < -0.39 is 5.97 Å². The van der Waals surface area contributed by atoms with E-state index in [2.05, 4.69) is 10.3 Å². The molecule has 19 heavy (non-hydrogen) atoms. The molecule has 0 radical (unpaired) electrons. The summed E-state index contributed by atoms with van der Waals surface area (Å²) in [7, 11) is 0. The Kier molecular flexibility index (Phi) is 4.13. The molecule has 2 rings (SSSR count). The molecule has 2 aromatic rings. The number of carboxylic acid groups (broad SMARTS) is 1. The normalized spacial score (nSPS) is 11.8. The van der Waals surface area contributed by atoms with Crippen molar-refractivity contribution in [2.24, 2.45) is 5.92 Å². The van der Waals surface area contributed by atoms with E-state index in [0.29, 0.717) is 6.42 Å². The molecule has 0 spiro atoms. The number of rotatable bonds is 5. The van der Waals surface area contributed by atoms with E-state index in [4.69, 9.17) is 5.11 Å². The van der Waals surface area contributed by atoms with E-state index in [1.54, 1.807) is 13.1 Å². The maximum absolute atomic E-state index is 10.8. The van der Waals surface area contributed by atoms with E-state index in [1.165, 1.54) is 0 Å². The van der Waals surface area contributed by atoms with E-state index in [-0.39, 0.29) is 5.92 Å². The molecule has 1 heterocycles. The average molecular weight is 256 g/mol. The van der Waals surface area contributed by atoms with Crippen LogP contribution in [0.4, 0.5) is 11.5 Å². The van der Waals surface area contributed by atoms with Gasteiger partial charge in [-0.05, 0) is 36.2 Å². The highest BCUT2D eigenvalue weighted by atomic mass is 16.4. The zero-order valence-electron chi connectivity index (χ0n) is 10.7. The molecule has 4 nitrogen and oxygen atoms in total. The van der Waals surface area contributed by atoms with Gasteiger partial charge >= 0.3 is 5.97 Å². The predicted molar refractivity (Wildman–Crippen MR) is 74.5 cm³/mol. The maximum Gasteiger partial charge on any atom is 0.306 e. The minimum absolute atomic E-state index is 0.366. The third-order valence-corrected chi connectivity index (χ3v) is 2.85. The standard InChI is InChI=1S/C15H16N2O2/c1-11(15(18)19)10-12-5-7-13(8-6-12)17-14-4-2-3-9-16-14/h2-9,11H,10H2,1H3,(H,16,17)(H,18,19). The van der Waals surface area contributed by atoms with Crippen molar-refractivity contribution >= 4 is 17.5 Å². The van der Waals surface area contributed by atoms with Crippen molar-refractivity contribution in [1.82, 2.24) is 4.98 Å². The number of benzene rings is 1. The molecule has 0 fully saturated rings. The molecule has 4 heteroatoms. The van der Waals surface area contributed by atoms with Gasteiger partial charge in [0.2, 0.25) is 0 Å². The van der Waals surface area contributed by atoms with Crippen LogP contribution in [0.25, 0.3) is 0 Å². The molecule has 2 N–H and O–H groups in total. The van der Waals surface area contributed by atoms with E-state index in [0.717, 1.165) is 17.1 Å². The van der Waals surface area contributed by atoms with Gasteiger partial charge in [0.1, 0.15) is 5.82 Å². The fraction of sp³-hybridized carbons (Fsp3) is 0.200. The van der Waals surface area contributed by atoms with Gasteiger partial charge < -0.3 is 10.4 Å². The van der Waals surface area contributed by atoms with Gasteiger partial charge in [0.05, 0.1) is 5.92 Å². The molecule has 0 bridgehead atoms. The molecule has 0 amide bonds. The van der Waals surface area contributed by atoms with Gasteiger partial charge in [-0.1, -0.05) is 25.1 Å². The van der Waals surface area contributed by atoms with Crippen LogP contribution in [0, 0.1) is 5.92 Å². The summed E-state index contributed by atoms with van der Waals surface area (Å²) in [6.45, 7) is 1.71. The van der Waals surface area contributed by atoms with Crippen LogP contribution in [0.3, 0.4) is 0 Å². The van der Waals surface area contributed by atoms with Crippen LogP contribution >= 0.6 is 0 Å². The molecule has 1 aromatic heterocycles. The monoisotopic (exact) mass is 256 g/mol. The minimum atomic E-state index is -0.768. The lowest BCUT2D eigenvalue weighted by molar-refractivity contribution is -0.141. The molecule has 1 unspecified atom stereocenters. The number of nitrogens with one attached hydrogen (secondary N) is 1. The molecule has 0 aliphatic carbocycles. The van der Waals surface area contributed by atoms with Gasteiger partial charge in [-0.2, -0.15) is 0 Å². The third-order valence-electron chi connectivity index (χ3n) is 2.85. The Bertz CT molecular complexity index is 538. The number of pyridine rings is 1. The van der Waals surface area contributed by atoms with Gasteiger partial charge in [-0.25, -0.2) is 4.98 Å². The molecule has 98 valence electrons. The zero-order valence-corrected chi connectivity index (χ0v) is 10.7. The Hall–Kier alpha value is -2.36. The summed E-state index contributed by atoms with van der Waals surface area (Å²) in [5, 5.41) is 12.1. The summed E-state index contributed by atoms with van der Waals surface area (Å²) in [5.41, 5.74) is 1.95. The SMILES string of the molecule is CC(Cc1ccc(Nc2ccccn2)cc1)C(=O)O. The Morgan fingerprint density at radius 1 is 1.26 bits per heavy atom. The molecule has 0 saturated heterocycles. The van der Waals surface area contributed by atoms with E-state index >= 15 is 0 Å². The fourth-order valence-corrected chi connectivity index (χ4v) is 1.75. The number of hydrogen-bond acceptors (Lipinski definition) is 3. The molecule has 1 aromatic carbocycles. The number of nitrogens with zero attached hydrogens (tertiary/aromatic N) is 1. The second-order valence-corrected chi connectivity index (χ2v) is 4.48. The number of aromatic nitrogens is 1. The first kappa shape index (κ1) is 13.1. The van der Waals surface area contributed by atoms with Gasteiger partial charge in [-0.3, -0.25) is 4.79 Å². The topological polar surface area (TPSA) is 62.2 Å². The Morgan fingerprint density at radius 2 is 2.00 bits per heavy atom.